The lowest BCUT2D eigenvalue weighted by atomic mass is 9.91. The van der Waals surface area contributed by atoms with E-state index in [4.69, 9.17) is 0 Å². The number of hydrogen-bond donors (Lipinski definition) is 1. The van der Waals surface area contributed by atoms with Gasteiger partial charge < -0.3 is 10.2 Å². The van der Waals surface area contributed by atoms with Crippen LogP contribution in [0.3, 0.4) is 0 Å². The zero-order valence-electron chi connectivity index (χ0n) is 12.7. The van der Waals surface area contributed by atoms with E-state index in [0.717, 1.165) is 19.3 Å². The highest BCUT2D eigenvalue weighted by Crippen LogP contribution is 2.28. The summed E-state index contributed by atoms with van der Waals surface area (Å²) < 4.78 is 48.8. The molecule has 1 fully saturated rings. The minimum atomic E-state index is -4.29. The number of nitrogens with one attached hydrogen (secondary N) is 1. The number of rotatable bonds is 5. The third kappa shape index (κ3) is 5.23. The van der Waals surface area contributed by atoms with Gasteiger partial charge in [-0.25, -0.2) is 4.79 Å². The van der Waals surface area contributed by atoms with Crippen LogP contribution < -0.4 is 5.32 Å². The van der Waals surface area contributed by atoms with Gasteiger partial charge in [-0.3, -0.25) is 4.21 Å². The molecule has 8 heteroatoms. The van der Waals surface area contributed by atoms with E-state index >= 15 is 0 Å². The van der Waals surface area contributed by atoms with Crippen LogP contribution in [-0.2, 0) is 10.8 Å². The molecule has 128 valence electrons. The molecule has 0 radical (unpaired) electrons. The molecular weight excluding hydrogens is 329 g/mol. The molecule has 1 aliphatic carbocycles. The molecule has 0 unspecified atom stereocenters. The van der Waals surface area contributed by atoms with Crippen LogP contribution in [0.5, 0.6) is 0 Å². The lowest BCUT2D eigenvalue weighted by molar-refractivity contribution is -0.137. The minimum Gasteiger partial charge on any atom is -0.321 e. The molecule has 2 amide bonds. The molecule has 0 bridgehead atoms. The van der Waals surface area contributed by atoms with Crippen LogP contribution >= 0.6 is 0 Å². The summed E-state index contributed by atoms with van der Waals surface area (Å²) in [6, 6.07) is 5.82. The summed E-state index contributed by atoms with van der Waals surface area (Å²) in [4.78, 5) is 14.1. The number of halogens is 3. The Hall–Kier alpha value is -1.57. The predicted molar refractivity (Wildman–Crippen MR) is 82.8 cm³/mol. The van der Waals surface area contributed by atoms with Crippen molar-refractivity contribution in [3.8, 4) is 0 Å². The van der Waals surface area contributed by atoms with E-state index in [-0.39, 0.29) is 12.6 Å². The first-order valence-corrected chi connectivity index (χ1v) is 8.90. The van der Waals surface area contributed by atoms with Crippen LogP contribution in [0.4, 0.5) is 23.7 Å². The molecule has 0 aliphatic heterocycles. The van der Waals surface area contributed by atoms with Gasteiger partial charge >= 0.3 is 12.2 Å². The largest absolute Gasteiger partial charge is 0.390 e. The van der Waals surface area contributed by atoms with Crippen molar-refractivity contribution in [3.63, 3.8) is 0 Å². The Morgan fingerprint density at radius 3 is 2.61 bits per heavy atom. The van der Waals surface area contributed by atoms with Crippen molar-refractivity contribution in [1.82, 2.24) is 4.90 Å². The van der Waals surface area contributed by atoms with Crippen molar-refractivity contribution in [2.45, 2.75) is 42.8 Å². The van der Waals surface area contributed by atoms with Gasteiger partial charge in [0.05, 0.1) is 6.42 Å². The van der Waals surface area contributed by atoms with E-state index in [0.29, 0.717) is 10.6 Å². The monoisotopic (exact) mass is 348 g/mol. The fourth-order valence-corrected chi connectivity index (χ4v) is 2.91. The highest BCUT2D eigenvalue weighted by atomic mass is 32.2. The molecule has 1 atom stereocenters. The third-order valence-corrected chi connectivity index (χ3v) is 4.75. The van der Waals surface area contributed by atoms with Gasteiger partial charge in [0.2, 0.25) is 0 Å². The molecule has 23 heavy (non-hydrogen) atoms. The summed E-state index contributed by atoms with van der Waals surface area (Å²) in [5.41, 5.74) is 0.430. The number of nitrogens with zero attached hydrogens (tertiary/aromatic N) is 1. The Bertz CT molecular complexity index is 588. The number of anilines is 1. The van der Waals surface area contributed by atoms with Crippen LogP contribution in [0.1, 0.15) is 25.7 Å². The van der Waals surface area contributed by atoms with Gasteiger partial charge in [-0.15, -0.1) is 0 Å². The van der Waals surface area contributed by atoms with E-state index in [9.17, 15) is 22.2 Å². The van der Waals surface area contributed by atoms with Crippen molar-refractivity contribution in [2.75, 3.05) is 18.1 Å². The molecule has 1 N–H and O–H groups in total. The molecular formula is C15H19F3N2O2S. The maximum atomic E-state index is 12.4. The number of carbonyl (C=O) groups is 1. The topological polar surface area (TPSA) is 49.4 Å². The molecule has 0 heterocycles. The maximum Gasteiger partial charge on any atom is 0.390 e. The number of amides is 2. The Morgan fingerprint density at radius 2 is 2.09 bits per heavy atom. The van der Waals surface area contributed by atoms with Crippen molar-refractivity contribution in [3.05, 3.63) is 24.3 Å². The number of carbonyl (C=O) groups excluding carboxylic acids is 1. The average molecular weight is 348 g/mol. The molecule has 1 aliphatic rings. The van der Waals surface area contributed by atoms with Gasteiger partial charge in [-0.2, -0.15) is 13.2 Å². The van der Waals surface area contributed by atoms with Crippen molar-refractivity contribution in [2.24, 2.45) is 0 Å². The quantitative estimate of drug-likeness (QED) is 0.881. The first-order chi connectivity index (χ1) is 10.8. The van der Waals surface area contributed by atoms with E-state index in [1.54, 1.807) is 24.3 Å². The smallest absolute Gasteiger partial charge is 0.321 e. The predicted octanol–water partition coefficient (Wildman–Crippen LogP) is 3.76. The molecule has 2 rings (SSSR count). The van der Waals surface area contributed by atoms with Gasteiger partial charge in [0.15, 0.2) is 0 Å². The average Bonchev–Trinajstić information content (AvgIpc) is 2.40. The first-order valence-electron chi connectivity index (χ1n) is 7.34. The van der Waals surface area contributed by atoms with Crippen LogP contribution in [0.25, 0.3) is 0 Å². The van der Waals surface area contributed by atoms with Gasteiger partial charge in [0.1, 0.15) is 0 Å². The summed E-state index contributed by atoms with van der Waals surface area (Å²) >= 11 is 0. The number of alkyl halides is 3. The third-order valence-electron chi connectivity index (χ3n) is 3.83. The standard InChI is InChI=1S/C15H19F3N2O2S/c1-23(22)13-7-2-4-11(10-13)19-14(21)20(12-5-3-6-12)9-8-15(16,17)18/h2,4,7,10,12H,3,5-6,8-9H2,1H3,(H,19,21)/t23-/m1/s1. The van der Waals surface area contributed by atoms with Gasteiger partial charge in [0, 0.05) is 40.2 Å². The highest BCUT2D eigenvalue weighted by molar-refractivity contribution is 7.84. The molecule has 0 aromatic heterocycles. The minimum absolute atomic E-state index is 0.138. The van der Waals surface area contributed by atoms with Gasteiger partial charge in [0.25, 0.3) is 0 Å². The summed E-state index contributed by atoms with van der Waals surface area (Å²) in [5.74, 6) is 0. The molecule has 1 aromatic carbocycles. The number of urea groups is 1. The van der Waals surface area contributed by atoms with E-state index < -0.39 is 29.4 Å². The molecule has 4 nitrogen and oxygen atoms in total. The van der Waals surface area contributed by atoms with E-state index in [1.807, 2.05) is 0 Å². The Kier molecular flexibility index (Phi) is 5.67. The normalized spacial score (nSPS) is 16.5. The van der Waals surface area contributed by atoms with E-state index in [2.05, 4.69) is 5.32 Å². The summed E-state index contributed by atoms with van der Waals surface area (Å²) in [6.07, 6.45) is -1.42. The molecule has 1 aromatic rings. The Labute approximate surface area is 135 Å². The van der Waals surface area contributed by atoms with Crippen molar-refractivity contribution >= 4 is 22.5 Å². The number of hydrogen-bond acceptors (Lipinski definition) is 2. The summed E-state index contributed by atoms with van der Waals surface area (Å²) in [7, 11) is -1.19. The zero-order valence-corrected chi connectivity index (χ0v) is 13.5. The second kappa shape index (κ2) is 7.33. The highest BCUT2D eigenvalue weighted by Gasteiger charge is 2.33. The molecule has 1 saturated carbocycles. The molecule has 0 saturated heterocycles. The second-order valence-corrected chi connectivity index (χ2v) is 6.94. The second-order valence-electron chi connectivity index (χ2n) is 5.56. The SMILES string of the molecule is C[S@@](=O)c1cccc(NC(=O)N(CCC(F)(F)F)C2CCC2)c1. The van der Waals surface area contributed by atoms with Crippen molar-refractivity contribution in [1.29, 1.82) is 0 Å². The molecule has 0 spiro atoms. The number of benzene rings is 1. The van der Waals surface area contributed by atoms with Crippen LogP contribution in [0.15, 0.2) is 29.2 Å². The summed E-state index contributed by atoms with van der Waals surface area (Å²) in [5, 5.41) is 2.61. The fraction of sp³-hybridized carbons (Fsp3) is 0.533. The van der Waals surface area contributed by atoms with E-state index in [1.165, 1.54) is 11.2 Å². The summed E-state index contributed by atoms with van der Waals surface area (Å²) in [6.45, 7) is -0.348. The van der Waals surface area contributed by atoms with Crippen LogP contribution in [0.2, 0.25) is 0 Å². The lowest BCUT2D eigenvalue weighted by Gasteiger charge is -2.37. The Morgan fingerprint density at radius 1 is 1.39 bits per heavy atom. The first kappa shape index (κ1) is 17.8. The van der Waals surface area contributed by atoms with Crippen molar-refractivity contribution < 1.29 is 22.2 Å². The maximum absolute atomic E-state index is 12.4. The zero-order chi connectivity index (χ0) is 17.0. The van der Waals surface area contributed by atoms with Crippen LogP contribution in [-0.4, -0.2) is 40.2 Å². The van der Waals surface area contributed by atoms with Gasteiger partial charge in [-0.05, 0) is 37.5 Å². The van der Waals surface area contributed by atoms with Crippen LogP contribution in [0, 0.1) is 0 Å². The fourth-order valence-electron chi connectivity index (χ4n) is 2.34. The van der Waals surface area contributed by atoms with Gasteiger partial charge in [-0.1, -0.05) is 6.07 Å². The Balaban J connectivity index is 2.05. The lowest BCUT2D eigenvalue weighted by Crippen LogP contribution is -2.47.